The minimum absolute atomic E-state index is 0.231. The van der Waals surface area contributed by atoms with Crippen molar-refractivity contribution in [2.75, 3.05) is 11.9 Å². The number of aryl methyl sites for hydroxylation is 1. The van der Waals surface area contributed by atoms with Gasteiger partial charge in [0, 0.05) is 16.0 Å². The number of carbonyl (C=O) groups is 2. The molecule has 5 nitrogen and oxygen atoms in total. The standard InChI is InChI=1S/C23H17F2N3O2S/c1-13-21(16-8-9-18(24)19(25)11-16)28-23(31-13)27-20(29)12-26-22(30)17-7-6-14-4-2-3-5-15(14)10-17/h2-11H,12H2,1H3,(H,26,30)(H,27,28,29). The van der Waals surface area contributed by atoms with Crippen LogP contribution >= 0.6 is 11.3 Å². The van der Waals surface area contributed by atoms with Gasteiger partial charge in [-0.3, -0.25) is 9.59 Å². The van der Waals surface area contributed by atoms with E-state index < -0.39 is 17.5 Å². The van der Waals surface area contributed by atoms with Crippen LogP contribution in [0.5, 0.6) is 0 Å². The van der Waals surface area contributed by atoms with Gasteiger partial charge < -0.3 is 10.6 Å². The van der Waals surface area contributed by atoms with Crippen LogP contribution in [0.4, 0.5) is 13.9 Å². The summed E-state index contributed by atoms with van der Waals surface area (Å²) in [6.07, 6.45) is 0. The van der Waals surface area contributed by atoms with Crippen molar-refractivity contribution in [1.29, 1.82) is 0 Å². The molecule has 3 aromatic carbocycles. The topological polar surface area (TPSA) is 71.1 Å². The minimum atomic E-state index is -0.966. The minimum Gasteiger partial charge on any atom is -0.343 e. The molecule has 156 valence electrons. The van der Waals surface area contributed by atoms with Crippen molar-refractivity contribution in [2.24, 2.45) is 0 Å². The van der Waals surface area contributed by atoms with E-state index in [0.717, 1.165) is 27.8 Å². The summed E-state index contributed by atoms with van der Waals surface area (Å²) in [5, 5.41) is 7.47. The Morgan fingerprint density at radius 3 is 2.52 bits per heavy atom. The summed E-state index contributed by atoms with van der Waals surface area (Å²) >= 11 is 1.21. The third kappa shape index (κ3) is 4.59. The summed E-state index contributed by atoms with van der Waals surface area (Å²) in [4.78, 5) is 29.7. The van der Waals surface area contributed by atoms with Gasteiger partial charge in [0.05, 0.1) is 12.2 Å². The fraction of sp³-hybridized carbons (Fsp3) is 0.0870. The molecule has 0 saturated carbocycles. The van der Waals surface area contributed by atoms with Gasteiger partial charge in [-0.1, -0.05) is 30.3 Å². The molecule has 1 heterocycles. The summed E-state index contributed by atoms with van der Waals surface area (Å²) in [5.41, 5.74) is 1.33. The number of nitrogens with zero attached hydrogens (tertiary/aromatic N) is 1. The number of rotatable bonds is 5. The molecule has 2 N–H and O–H groups in total. The second kappa shape index (κ2) is 8.61. The lowest BCUT2D eigenvalue weighted by molar-refractivity contribution is -0.115. The van der Waals surface area contributed by atoms with Crippen LogP contribution in [0, 0.1) is 18.6 Å². The average Bonchev–Trinajstić information content (AvgIpc) is 3.13. The van der Waals surface area contributed by atoms with E-state index in [0.29, 0.717) is 22.0 Å². The number of halogens is 2. The van der Waals surface area contributed by atoms with Crippen molar-refractivity contribution in [1.82, 2.24) is 10.3 Å². The Kier molecular flexibility index (Phi) is 5.73. The molecule has 0 aliphatic carbocycles. The van der Waals surface area contributed by atoms with Crippen LogP contribution in [-0.4, -0.2) is 23.3 Å². The number of anilines is 1. The van der Waals surface area contributed by atoms with Crippen LogP contribution in [0.1, 0.15) is 15.2 Å². The molecular weight excluding hydrogens is 420 g/mol. The van der Waals surface area contributed by atoms with Crippen LogP contribution in [0.15, 0.2) is 60.7 Å². The van der Waals surface area contributed by atoms with Crippen LogP contribution in [0.3, 0.4) is 0 Å². The fourth-order valence-corrected chi connectivity index (χ4v) is 3.97. The smallest absolute Gasteiger partial charge is 0.251 e. The lowest BCUT2D eigenvalue weighted by Gasteiger charge is -2.06. The van der Waals surface area contributed by atoms with Gasteiger partial charge in [0.25, 0.3) is 5.91 Å². The van der Waals surface area contributed by atoms with E-state index >= 15 is 0 Å². The molecule has 0 saturated heterocycles. The zero-order valence-corrected chi connectivity index (χ0v) is 17.2. The summed E-state index contributed by atoms with van der Waals surface area (Å²) in [6, 6.07) is 16.5. The average molecular weight is 437 g/mol. The molecule has 0 radical (unpaired) electrons. The lowest BCUT2D eigenvalue weighted by Crippen LogP contribution is -2.32. The predicted octanol–water partition coefficient (Wildman–Crippen LogP) is 4.92. The maximum Gasteiger partial charge on any atom is 0.251 e. The summed E-state index contributed by atoms with van der Waals surface area (Å²) in [6.45, 7) is 1.54. The molecule has 0 aliphatic rings. The van der Waals surface area contributed by atoms with E-state index in [2.05, 4.69) is 15.6 Å². The van der Waals surface area contributed by atoms with E-state index in [4.69, 9.17) is 0 Å². The number of hydrogen-bond acceptors (Lipinski definition) is 4. The van der Waals surface area contributed by atoms with E-state index in [1.165, 1.54) is 17.4 Å². The van der Waals surface area contributed by atoms with Crippen LogP contribution in [0.2, 0.25) is 0 Å². The number of amides is 2. The van der Waals surface area contributed by atoms with Crippen LogP contribution < -0.4 is 10.6 Å². The Morgan fingerprint density at radius 2 is 1.74 bits per heavy atom. The van der Waals surface area contributed by atoms with Gasteiger partial charge >= 0.3 is 0 Å². The van der Waals surface area contributed by atoms with E-state index in [1.54, 1.807) is 19.1 Å². The lowest BCUT2D eigenvalue weighted by atomic mass is 10.1. The molecular formula is C23H17F2N3O2S. The Balaban J connectivity index is 1.39. The van der Waals surface area contributed by atoms with Gasteiger partial charge in [-0.15, -0.1) is 11.3 Å². The number of aromatic nitrogens is 1. The molecule has 31 heavy (non-hydrogen) atoms. The third-order valence-corrected chi connectivity index (χ3v) is 5.54. The second-order valence-corrected chi connectivity index (χ2v) is 8.05. The first-order valence-corrected chi connectivity index (χ1v) is 10.2. The van der Waals surface area contributed by atoms with Crippen LogP contribution in [-0.2, 0) is 4.79 Å². The normalized spacial score (nSPS) is 10.8. The van der Waals surface area contributed by atoms with Crippen molar-refractivity contribution in [3.8, 4) is 11.3 Å². The van der Waals surface area contributed by atoms with Crippen molar-refractivity contribution in [3.63, 3.8) is 0 Å². The molecule has 4 aromatic rings. The van der Waals surface area contributed by atoms with Crippen molar-refractivity contribution in [2.45, 2.75) is 6.92 Å². The highest BCUT2D eigenvalue weighted by Crippen LogP contribution is 2.31. The van der Waals surface area contributed by atoms with Crippen LogP contribution in [0.25, 0.3) is 22.0 Å². The molecule has 1 aromatic heterocycles. The maximum atomic E-state index is 13.5. The first-order valence-electron chi connectivity index (χ1n) is 9.40. The Bertz CT molecular complexity index is 1300. The molecule has 0 unspecified atom stereocenters. The van der Waals surface area contributed by atoms with E-state index in [-0.39, 0.29) is 12.5 Å². The summed E-state index contributed by atoms with van der Waals surface area (Å²) < 4.78 is 26.7. The fourth-order valence-electron chi connectivity index (χ4n) is 3.12. The number of fused-ring (bicyclic) bond motifs is 1. The highest BCUT2D eigenvalue weighted by Gasteiger charge is 2.15. The van der Waals surface area contributed by atoms with Gasteiger partial charge in [0.1, 0.15) is 0 Å². The Labute approximate surface area is 180 Å². The molecule has 0 fully saturated rings. The third-order valence-electron chi connectivity index (χ3n) is 4.66. The molecule has 0 atom stereocenters. The molecule has 8 heteroatoms. The number of carbonyl (C=O) groups excluding carboxylic acids is 2. The Hall–Kier alpha value is -3.65. The first kappa shape index (κ1) is 20.6. The zero-order valence-electron chi connectivity index (χ0n) is 16.4. The van der Waals surface area contributed by atoms with E-state index in [9.17, 15) is 18.4 Å². The molecule has 2 amide bonds. The summed E-state index contributed by atoms with van der Waals surface area (Å²) in [5.74, 6) is -2.71. The van der Waals surface area contributed by atoms with Gasteiger partial charge in [0.15, 0.2) is 16.8 Å². The molecule has 4 rings (SSSR count). The highest BCUT2D eigenvalue weighted by atomic mass is 32.1. The first-order chi connectivity index (χ1) is 14.9. The molecule has 0 aliphatic heterocycles. The van der Waals surface area contributed by atoms with Crippen molar-refractivity contribution >= 4 is 39.1 Å². The number of nitrogens with one attached hydrogen (secondary N) is 2. The number of thiazole rings is 1. The van der Waals surface area contributed by atoms with Gasteiger partial charge in [-0.05, 0) is 48.0 Å². The number of benzene rings is 3. The van der Waals surface area contributed by atoms with Gasteiger partial charge in [-0.25, -0.2) is 13.8 Å². The summed E-state index contributed by atoms with van der Waals surface area (Å²) in [7, 11) is 0. The molecule has 0 bridgehead atoms. The maximum absolute atomic E-state index is 13.5. The predicted molar refractivity (Wildman–Crippen MR) is 117 cm³/mol. The largest absolute Gasteiger partial charge is 0.343 e. The quantitative estimate of drug-likeness (QED) is 0.466. The van der Waals surface area contributed by atoms with E-state index in [1.807, 2.05) is 30.3 Å². The van der Waals surface area contributed by atoms with Gasteiger partial charge in [-0.2, -0.15) is 0 Å². The van der Waals surface area contributed by atoms with Gasteiger partial charge in [0.2, 0.25) is 5.91 Å². The SMILES string of the molecule is Cc1sc(NC(=O)CNC(=O)c2ccc3ccccc3c2)nc1-c1ccc(F)c(F)c1. The zero-order chi connectivity index (χ0) is 22.0. The monoisotopic (exact) mass is 437 g/mol. The molecule has 0 spiro atoms. The second-order valence-electron chi connectivity index (χ2n) is 6.85. The highest BCUT2D eigenvalue weighted by molar-refractivity contribution is 7.16. The van der Waals surface area contributed by atoms with Crippen molar-refractivity contribution in [3.05, 3.63) is 82.7 Å². The van der Waals surface area contributed by atoms with Crippen molar-refractivity contribution < 1.29 is 18.4 Å². The Morgan fingerprint density at radius 1 is 0.968 bits per heavy atom. The number of hydrogen-bond donors (Lipinski definition) is 2.